The van der Waals surface area contributed by atoms with E-state index >= 15 is 0 Å². The Kier molecular flexibility index (Phi) is 4.55. The summed E-state index contributed by atoms with van der Waals surface area (Å²) in [5, 5.41) is 9.80. The van der Waals surface area contributed by atoms with E-state index in [2.05, 4.69) is 4.98 Å². The molecule has 6 nitrogen and oxygen atoms in total. The van der Waals surface area contributed by atoms with E-state index in [1.807, 2.05) is 0 Å². The third-order valence-corrected chi connectivity index (χ3v) is 4.07. The van der Waals surface area contributed by atoms with Crippen LogP contribution < -0.4 is 9.47 Å². The summed E-state index contributed by atoms with van der Waals surface area (Å²) in [4.78, 5) is 15.5. The van der Waals surface area contributed by atoms with Crippen molar-refractivity contribution in [1.29, 1.82) is 0 Å². The molecule has 0 saturated carbocycles. The summed E-state index contributed by atoms with van der Waals surface area (Å²) in [5.41, 5.74) is -0.107. The Labute approximate surface area is 148 Å². The number of carboxylic acid groups (broad SMARTS) is 1. The van der Waals surface area contributed by atoms with Gasteiger partial charge in [-0.3, -0.25) is 0 Å². The number of ether oxygens (including phenoxy) is 2. The van der Waals surface area contributed by atoms with Crippen molar-refractivity contribution in [2.45, 2.75) is 25.9 Å². The molecule has 1 heterocycles. The summed E-state index contributed by atoms with van der Waals surface area (Å²) in [5.74, 6) is -0.0950. The number of carboxylic acids is 1. The summed E-state index contributed by atoms with van der Waals surface area (Å²) in [7, 11) is 0. The van der Waals surface area contributed by atoms with E-state index in [0.29, 0.717) is 34.0 Å². The Morgan fingerprint density at radius 1 is 1.24 bits per heavy atom. The van der Waals surface area contributed by atoms with Crippen molar-refractivity contribution in [1.82, 2.24) is 4.98 Å². The molecular weight excluding hydrogens is 346 g/mol. The topological polar surface area (TPSA) is 81.8 Å². The van der Waals surface area contributed by atoms with E-state index in [1.54, 1.807) is 49.4 Å². The average Bonchev–Trinajstić information content (AvgIpc) is 2.97. The van der Waals surface area contributed by atoms with Gasteiger partial charge in [0.25, 0.3) is 0 Å². The van der Waals surface area contributed by atoms with Gasteiger partial charge >= 0.3 is 12.0 Å². The van der Waals surface area contributed by atoms with Gasteiger partial charge in [-0.15, -0.1) is 0 Å². The second-order valence-corrected chi connectivity index (χ2v) is 6.09. The molecule has 3 rings (SSSR count). The van der Waals surface area contributed by atoms with Crippen LogP contribution in [-0.4, -0.2) is 21.7 Å². The lowest BCUT2D eigenvalue weighted by Crippen LogP contribution is -2.40. The van der Waals surface area contributed by atoms with Crippen LogP contribution in [0.2, 0.25) is 5.02 Å². The number of benzene rings is 2. The van der Waals surface area contributed by atoms with Crippen LogP contribution in [-0.2, 0) is 4.79 Å². The summed E-state index contributed by atoms with van der Waals surface area (Å²) in [6.45, 7) is 3.29. The minimum atomic E-state index is -1.28. The lowest BCUT2D eigenvalue weighted by Gasteiger charge is -2.24. The number of halogens is 1. The fourth-order valence-corrected chi connectivity index (χ4v) is 2.29. The highest BCUT2D eigenvalue weighted by Crippen LogP contribution is 2.29. The van der Waals surface area contributed by atoms with Crippen LogP contribution in [0.15, 0.2) is 46.9 Å². The second kappa shape index (κ2) is 6.64. The molecule has 0 aliphatic carbocycles. The number of fused-ring (bicyclic) bond motifs is 1. The van der Waals surface area contributed by atoms with Crippen LogP contribution in [0.4, 0.5) is 0 Å². The van der Waals surface area contributed by atoms with Gasteiger partial charge in [0.2, 0.25) is 5.60 Å². The first-order chi connectivity index (χ1) is 11.9. The van der Waals surface area contributed by atoms with Gasteiger partial charge in [-0.05, 0) is 49.7 Å². The molecule has 1 N–H and O–H groups in total. The van der Waals surface area contributed by atoms with Gasteiger partial charge in [-0.2, -0.15) is 4.98 Å². The van der Waals surface area contributed by atoms with E-state index in [4.69, 9.17) is 25.5 Å². The lowest BCUT2D eigenvalue weighted by atomic mass is 10.0. The van der Waals surface area contributed by atoms with Crippen molar-refractivity contribution in [3.05, 3.63) is 47.5 Å². The van der Waals surface area contributed by atoms with Crippen molar-refractivity contribution in [3.63, 3.8) is 0 Å². The lowest BCUT2D eigenvalue weighted by molar-refractivity contribution is -0.154. The minimum absolute atomic E-state index is 0.0925. The fraction of sp³-hybridized carbons (Fsp3) is 0.222. The zero-order valence-electron chi connectivity index (χ0n) is 13.7. The molecule has 2 aromatic carbocycles. The normalized spacial score (nSPS) is 13.4. The number of nitrogens with zero attached hydrogens (tertiary/aromatic N) is 1. The average molecular weight is 362 g/mol. The first kappa shape index (κ1) is 17.1. The summed E-state index contributed by atoms with van der Waals surface area (Å²) in [6.07, 6.45) is 0.432. The standard InChI is InChI=1S/C18H16ClNO5/c1-3-18(2,16(21)22)25-13-7-5-12(6-8-13)23-17-20-14-9-4-11(19)10-15(14)24-17/h4-10H,3H2,1-2H3,(H,21,22)/t18-/m0/s1. The number of aromatic nitrogens is 1. The Hall–Kier alpha value is -2.73. The molecule has 7 heteroatoms. The molecule has 25 heavy (non-hydrogen) atoms. The molecule has 0 spiro atoms. The van der Waals surface area contributed by atoms with E-state index in [1.165, 1.54) is 6.92 Å². The Morgan fingerprint density at radius 2 is 1.92 bits per heavy atom. The van der Waals surface area contributed by atoms with Crippen molar-refractivity contribution in [2.24, 2.45) is 0 Å². The Balaban J connectivity index is 1.74. The minimum Gasteiger partial charge on any atom is -0.478 e. The van der Waals surface area contributed by atoms with Gasteiger partial charge < -0.3 is 19.0 Å². The molecular formula is C18H16ClNO5. The molecule has 0 unspecified atom stereocenters. The molecule has 3 aromatic rings. The van der Waals surface area contributed by atoms with Crippen LogP contribution >= 0.6 is 11.6 Å². The number of carbonyl (C=O) groups is 1. The molecule has 0 amide bonds. The van der Waals surface area contributed by atoms with Crippen molar-refractivity contribution in [2.75, 3.05) is 0 Å². The van der Waals surface area contributed by atoms with Crippen molar-refractivity contribution >= 4 is 28.7 Å². The third-order valence-electron chi connectivity index (χ3n) is 3.83. The second-order valence-electron chi connectivity index (χ2n) is 5.66. The van der Waals surface area contributed by atoms with Gasteiger partial charge in [0.15, 0.2) is 5.58 Å². The number of hydrogen-bond acceptors (Lipinski definition) is 5. The SMILES string of the molecule is CC[C@](C)(Oc1ccc(Oc2nc3ccc(Cl)cc3o2)cc1)C(=O)O. The number of oxazole rings is 1. The molecule has 0 aliphatic rings. The van der Waals surface area contributed by atoms with Crippen LogP contribution in [0.25, 0.3) is 11.1 Å². The monoisotopic (exact) mass is 361 g/mol. The highest BCUT2D eigenvalue weighted by molar-refractivity contribution is 6.31. The van der Waals surface area contributed by atoms with E-state index < -0.39 is 11.6 Å². The van der Waals surface area contributed by atoms with Gasteiger partial charge in [0.1, 0.15) is 17.0 Å². The maximum absolute atomic E-state index is 11.3. The molecule has 130 valence electrons. The van der Waals surface area contributed by atoms with E-state index in [-0.39, 0.29) is 6.08 Å². The van der Waals surface area contributed by atoms with Crippen LogP contribution in [0, 0.1) is 0 Å². The predicted molar refractivity (Wildman–Crippen MR) is 92.5 cm³/mol. The Morgan fingerprint density at radius 3 is 2.56 bits per heavy atom. The van der Waals surface area contributed by atoms with Gasteiger partial charge in [-0.1, -0.05) is 18.5 Å². The summed E-state index contributed by atoms with van der Waals surface area (Å²) < 4.78 is 16.6. The van der Waals surface area contributed by atoms with E-state index in [9.17, 15) is 9.90 Å². The number of rotatable bonds is 6. The first-order valence-electron chi connectivity index (χ1n) is 7.66. The van der Waals surface area contributed by atoms with Crippen molar-refractivity contribution < 1.29 is 23.8 Å². The molecule has 0 aliphatic heterocycles. The van der Waals surface area contributed by atoms with Crippen LogP contribution in [0.3, 0.4) is 0 Å². The number of aliphatic carboxylic acids is 1. The van der Waals surface area contributed by atoms with Gasteiger partial charge in [0, 0.05) is 11.1 Å². The van der Waals surface area contributed by atoms with E-state index in [0.717, 1.165) is 0 Å². The molecule has 0 radical (unpaired) electrons. The molecule has 0 saturated heterocycles. The largest absolute Gasteiger partial charge is 0.478 e. The predicted octanol–water partition coefficient (Wildman–Crippen LogP) is 4.91. The summed E-state index contributed by atoms with van der Waals surface area (Å²) >= 11 is 5.91. The zero-order valence-corrected chi connectivity index (χ0v) is 14.4. The third kappa shape index (κ3) is 3.69. The van der Waals surface area contributed by atoms with Crippen molar-refractivity contribution in [3.8, 4) is 17.6 Å². The fourth-order valence-electron chi connectivity index (χ4n) is 2.12. The smallest absolute Gasteiger partial charge is 0.400 e. The summed E-state index contributed by atoms with van der Waals surface area (Å²) in [6, 6.07) is 11.7. The maximum atomic E-state index is 11.3. The number of hydrogen-bond donors (Lipinski definition) is 1. The van der Waals surface area contributed by atoms with Gasteiger partial charge in [-0.25, -0.2) is 4.79 Å². The zero-order chi connectivity index (χ0) is 18.0. The molecule has 1 atom stereocenters. The molecule has 1 aromatic heterocycles. The first-order valence-corrected chi connectivity index (χ1v) is 8.04. The highest BCUT2D eigenvalue weighted by atomic mass is 35.5. The molecule has 0 bridgehead atoms. The maximum Gasteiger partial charge on any atom is 0.400 e. The Bertz CT molecular complexity index is 905. The van der Waals surface area contributed by atoms with Crippen LogP contribution in [0.1, 0.15) is 20.3 Å². The molecule has 0 fully saturated rings. The van der Waals surface area contributed by atoms with Crippen LogP contribution in [0.5, 0.6) is 17.6 Å². The van der Waals surface area contributed by atoms with Gasteiger partial charge in [0.05, 0.1) is 0 Å². The highest BCUT2D eigenvalue weighted by Gasteiger charge is 2.33. The quantitative estimate of drug-likeness (QED) is 0.672.